The van der Waals surface area contributed by atoms with Crippen molar-refractivity contribution in [2.45, 2.75) is 71.1 Å². The van der Waals surface area contributed by atoms with Crippen LogP contribution in [0.3, 0.4) is 0 Å². The first-order chi connectivity index (χ1) is 7.16. The fourth-order valence-electron chi connectivity index (χ4n) is 1.47. The fraction of sp³-hybridized carbons (Fsp3) is 0.917. The molecule has 0 aromatic rings. The van der Waals surface area contributed by atoms with Crippen LogP contribution in [-0.4, -0.2) is 11.1 Å². The smallest absolute Gasteiger partial charge is 0.303 e. The number of hydrogen-bond acceptors (Lipinski definition) is 1. The minimum Gasteiger partial charge on any atom is -0.481 e. The molecule has 0 amide bonds. The monoisotopic (exact) mass is 201 g/mol. The molecule has 0 saturated carbocycles. The highest BCUT2D eigenvalue weighted by molar-refractivity contribution is 5.66. The third-order valence-electron chi connectivity index (χ3n) is 2.33. The highest BCUT2D eigenvalue weighted by atomic mass is 16.4. The Morgan fingerprint density at radius 2 is 1.57 bits per heavy atom. The zero-order valence-corrected chi connectivity index (χ0v) is 9.30. The molecule has 0 fully saturated rings. The Labute approximate surface area is 89.1 Å². The molecule has 0 radical (unpaired) electrons. The van der Waals surface area contributed by atoms with E-state index in [0.29, 0.717) is 0 Å². The van der Waals surface area contributed by atoms with E-state index in [1.165, 1.54) is 32.1 Å². The van der Waals surface area contributed by atoms with Crippen LogP contribution in [0, 0.1) is 0 Å². The summed E-state index contributed by atoms with van der Waals surface area (Å²) in [6, 6.07) is 0. The lowest BCUT2D eigenvalue weighted by Crippen LogP contribution is -1.93. The van der Waals surface area contributed by atoms with Crippen molar-refractivity contribution in [3.8, 4) is 0 Å². The highest BCUT2D eigenvalue weighted by Crippen LogP contribution is 2.10. The summed E-state index contributed by atoms with van der Waals surface area (Å²) in [5.74, 6) is -0.849. The summed E-state index contributed by atoms with van der Waals surface area (Å²) >= 11 is 0. The Morgan fingerprint density at radius 3 is 2.07 bits per heavy atom. The molecular weight excluding hydrogens is 176 g/mol. The van der Waals surface area contributed by atoms with Crippen molar-refractivity contribution >= 4 is 5.97 Å². The molecule has 0 heterocycles. The molecule has 0 aliphatic carbocycles. The predicted molar refractivity (Wildman–Crippen MR) is 59.5 cm³/mol. The SMILES string of the molecule is [2H]C(CCCCCCCCC)CC(=O)O. The van der Waals surface area contributed by atoms with Crippen molar-refractivity contribution in [1.29, 1.82) is 0 Å². The van der Waals surface area contributed by atoms with Crippen molar-refractivity contribution in [1.82, 2.24) is 0 Å². The molecule has 0 spiro atoms. The van der Waals surface area contributed by atoms with Crippen LogP contribution in [0.5, 0.6) is 0 Å². The third kappa shape index (κ3) is 11.5. The fourth-order valence-corrected chi connectivity index (χ4v) is 1.47. The molecule has 2 heteroatoms. The molecular formula is C12H24O2. The molecule has 1 N–H and O–H groups in total. The molecule has 1 unspecified atom stereocenters. The molecule has 1 atom stereocenters. The zero-order chi connectivity index (χ0) is 11.5. The molecule has 84 valence electrons. The summed E-state index contributed by atoms with van der Waals surface area (Å²) in [6.45, 7) is 2.20. The Hall–Kier alpha value is -0.530. The molecule has 2 nitrogen and oxygen atoms in total. The molecule has 0 rings (SSSR count). The molecule has 0 aromatic heterocycles. The quantitative estimate of drug-likeness (QED) is 0.542. The molecule has 0 aliphatic heterocycles. The second-order valence-electron chi connectivity index (χ2n) is 3.80. The topological polar surface area (TPSA) is 37.3 Å². The first-order valence-electron chi connectivity index (χ1n) is 6.38. The number of hydrogen-bond donors (Lipinski definition) is 1. The van der Waals surface area contributed by atoms with Gasteiger partial charge in [-0.05, 0) is 6.40 Å². The highest BCUT2D eigenvalue weighted by Gasteiger charge is 1.96. The normalized spacial score (nSPS) is 13.6. The second-order valence-corrected chi connectivity index (χ2v) is 3.80. The van der Waals surface area contributed by atoms with Crippen molar-refractivity contribution in [2.75, 3.05) is 0 Å². The van der Waals surface area contributed by atoms with Crippen molar-refractivity contribution < 1.29 is 11.3 Å². The van der Waals surface area contributed by atoms with Crippen LogP contribution in [-0.2, 0) is 4.79 Å². The van der Waals surface area contributed by atoms with Gasteiger partial charge >= 0.3 is 5.97 Å². The van der Waals surface area contributed by atoms with Gasteiger partial charge in [0.15, 0.2) is 0 Å². The van der Waals surface area contributed by atoms with Gasteiger partial charge in [-0.1, -0.05) is 58.3 Å². The Balaban J connectivity index is 3.13. The Kier molecular flexibility index (Phi) is 8.70. The maximum absolute atomic E-state index is 10.3. The average Bonchev–Trinajstić information content (AvgIpc) is 2.15. The van der Waals surface area contributed by atoms with Gasteiger partial charge in [0.2, 0.25) is 0 Å². The lowest BCUT2D eigenvalue weighted by atomic mass is 10.1. The Bertz CT molecular complexity index is 160. The van der Waals surface area contributed by atoms with Crippen molar-refractivity contribution in [2.24, 2.45) is 0 Å². The molecule has 0 bridgehead atoms. The number of carboxylic acid groups (broad SMARTS) is 1. The summed E-state index contributed by atoms with van der Waals surface area (Å²) in [5.41, 5.74) is 0. The Morgan fingerprint density at radius 1 is 1.07 bits per heavy atom. The van der Waals surface area contributed by atoms with E-state index in [1.807, 2.05) is 0 Å². The number of aliphatic carboxylic acids is 1. The van der Waals surface area contributed by atoms with Crippen LogP contribution in [0.15, 0.2) is 0 Å². The van der Waals surface area contributed by atoms with Gasteiger partial charge in [-0.25, -0.2) is 0 Å². The predicted octanol–water partition coefficient (Wildman–Crippen LogP) is 3.99. The summed E-state index contributed by atoms with van der Waals surface area (Å²) < 4.78 is 7.47. The van der Waals surface area contributed by atoms with Gasteiger partial charge < -0.3 is 5.11 Å². The first-order valence-corrected chi connectivity index (χ1v) is 5.80. The van der Waals surface area contributed by atoms with E-state index in [0.717, 1.165) is 19.3 Å². The van der Waals surface area contributed by atoms with Crippen LogP contribution in [0.25, 0.3) is 0 Å². The zero-order valence-electron chi connectivity index (χ0n) is 10.3. The summed E-state index contributed by atoms with van der Waals surface area (Å²) in [7, 11) is 0. The van der Waals surface area contributed by atoms with Gasteiger partial charge in [0, 0.05) is 7.79 Å². The van der Waals surface area contributed by atoms with Gasteiger partial charge in [0.25, 0.3) is 0 Å². The minimum absolute atomic E-state index is 0.00413. The van der Waals surface area contributed by atoms with Crippen molar-refractivity contribution in [3.63, 3.8) is 0 Å². The van der Waals surface area contributed by atoms with E-state index < -0.39 is 12.4 Å². The van der Waals surface area contributed by atoms with E-state index in [2.05, 4.69) is 6.92 Å². The number of unbranched alkanes of at least 4 members (excludes halogenated alkanes) is 6. The average molecular weight is 201 g/mol. The summed E-state index contributed by atoms with van der Waals surface area (Å²) in [5, 5.41) is 8.46. The van der Waals surface area contributed by atoms with E-state index in [9.17, 15) is 4.79 Å². The maximum Gasteiger partial charge on any atom is 0.303 e. The maximum atomic E-state index is 10.3. The lowest BCUT2D eigenvalue weighted by molar-refractivity contribution is -0.137. The van der Waals surface area contributed by atoms with E-state index in [1.54, 1.807) is 0 Å². The van der Waals surface area contributed by atoms with Crippen LogP contribution in [0.1, 0.15) is 72.5 Å². The molecule has 14 heavy (non-hydrogen) atoms. The van der Waals surface area contributed by atoms with Crippen LogP contribution in [0.2, 0.25) is 0 Å². The largest absolute Gasteiger partial charge is 0.481 e. The van der Waals surface area contributed by atoms with Gasteiger partial charge in [0.05, 0.1) is 0 Å². The van der Waals surface area contributed by atoms with E-state index >= 15 is 0 Å². The lowest BCUT2D eigenvalue weighted by Gasteiger charge is -2.00. The van der Waals surface area contributed by atoms with Crippen LogP contribution < -0.4 is 0 Å². The molecule has 0 saturated heterocycles. The first kappa shape index (κ1) is 11.5. The molecule has 0 aromatic carbocycles. The standard InChI is InChI=1S/C12H24O2/c1-2-3-4-5-6-7-8-9-10-11-12(13)14/h2-11H2,1H3,(H,13,14)/i10D. The van der Waals surface area contributed by atoms with Crippen LogP contribution in [0.4, 0.5) is 0 Å². The van der Waals surface area contributed by atoms with Crippen molar-refractivity contribution in [3.05, 3.63) is 0 Å². The molecule has 0 aliphatic rings. The third-order valence-corrected chi connectivity index (χ3v) is 2.33. The summed E-state index contributed by atoms with van der Waals surface area (Å²) in [4.78, 5) is 10.3. The van der Waals surface area contributed by atoms with Gasteiger partial charge in [0.1, 0.15) is 0 Å². The summed E-state index contributed by atoms with van der Waals surface area (Å²) in [6.07, 6.45) is 8.92. The number of rotatable bonds is 10. The van der Waals surface area contributed by atoms with Gasteiger partial charge in [-0.3, -0.25) is 4.79 Å². The second kappa shape index (κ2) is 10.6. The number of carboxylic acids is 1. The van der Waals surface area contributed by atoms with E-state index in [-0.39, 0.29) is 6.42 Å². The van der Waals surface area contributed by atoms with Crippen LogP contribution >= 0.6 is 0 Å². The minimum atomic E-state index is -0.849. The number of carbonyl (C=O) groups is 1. The van der Waals surface area contributed by atoms with E-state index in [4.69, 9.17) is 6.48 Å². The van der Waals surface area contributed by atoms with Gasteiger partial charge in [-0.2, -0.15) is 0 Å². The van der Waals surface area contributed by atoms with Gasteiger partial charge in [-0.15, -0.1) is 0 Å².